The van der Waals surface area contributed by atoms with Crippen molar-refractivity contribution in [1.82, 2.24) is 15.0 Å². The number of pyridine rings is 1. The Morgan fingerprint density at radius 1 is 1.15 bits per heavy atom. The maximum atomic E-state index is 9.31. The van der Waals surface area contributed by atoms with Crippen molar-refractivity contribution < 1.29 is 5.11 Å². The van der Waals surface area contributed by atoms with Gasteiger partial charge in [0.2, 0.25) is 5.95 Å². The van der Waals surface area contributed by atoms with E-state index in [4.69, 9.17) is 0 Å². The molecule has 2 aromatic heterocycles. The number of thioether (sulfide) groups is 1. The lowest BCUT2D eigenvalue weighted by Gasteiger charge is -2.15. The number of aliphatic hydroxyl groups excluding tert-OH is 1. The van der Waals surface area contributed by atoms with Crippen LogP contribution in [0.4, 0.5) is 17.5 Å². The molecule has 0 fully saturated rings. The Morgan fingerprint density at radius 2 is 2.00 bits per heavy atom. The van der Waals surface area contributed by atoms with Crippen LogP contribution in [-0.2, 0) is 0 Å². The van der Waals surface area contributed by atoms with Crippen LogP contribution in [0.3, 0.4) is 0 Å². The molecular weight excluding hydrogens is 346 g/mol. The zero-order chi connectivity index (χ0) is 18.4. The monoisotopic (exact) mass is 367 g/mol. The zero-order valence-electron chi connectivity index (χ0n) is 14.7. The molecule has 0 saturated heterocycles. The van der Waals surface area contributed by atoms with E-state index in [0.717, 1.165) is 21.8 Å². The molecule has 0 unspecified atom stereocenters. The molecule has 0 aliphatic carbocycles. The van der Waals surface area contributed by atoms with E-state index in [9.17, 15) is 5.11 Å². The Kier molecular flexibility index (Phi) is 6.04. The van der Waals surface area contributed by atoms with E-state index in [1.165, 1.54) is 0 Å². The molecule has 6 nitrogen and oxygen atoms in total. The van der Waals surface area contributed by atoms with Gasteiger partial charge in [-0.05, 0) is 37.4 Å². The highest BCUT2D eigenvalue weighted by Gasteiger charge is 2.10. The molecule has 0 bridgehead atoms. The summed E-state index contributed by atoms with van der Waals surface area (Å²) in [5.74, 6) is 1.13. The Bertz CT molecular complexity index is 860. The van der Waals surface area contributed by atoms with Crippen LogP contribution in [0.25, 0.3) is 11.3 Å². The van der Waals surface area contributed by atoms with E-state index < -0.39 is 0 Å². The van der Waals surface area contributed by atoms with Gasteiger partial charge in [-0.1, -0.05) is 12.1 Å². The van der Waals surface area contributed by atoms with Crippen LogP contribution in [0.5, 0.6) is 0 Å². The second kappa shape index (κ2) is 8.64. The van der Waals surface area contributed by atoms with Crippen LogP contribution in [0.2, 0.25) is 0 Å². The van der Waals surface area contributed by atoms with Gasteiger partial charge in [-0.3, -0.25) is 4.98 Å². The number of nitrogens with one attached hydrogen (secondary N) is 2. The average Bonchev–Trinajstić information content (AvgIpc) is 2.69. The third kappa shape index (κ3) is 4.50. The van der Waals surface area contributed by atoms with E-state index in [2.05, 4.69) is 31.7 Å². The minimum absolute atomic E-state index is 0.00144. The molecule has 0 aliphatic heterocycles. The molecule has 3 aromatic rings. The fraction of sp³-hybridized carbons (Fsp3) is 0.211. The molecule has 0 aliphatic rings. The molecule has 1 atom stereocenters. The third-order valence-corrected chi connectivity index (χ3v) is 4.50. The predicted octanol–water partition coefficient (Wildman–Crippen LogP) is 3.80. The van der Waals surface area contributed by atoms with Gasteiger partial charge in [0, 0.05) is 35.0 Å². The fourth-order valence-corrected chi connectivity index (χ4v) is 2.94. The number of aliphatic hydroxyl groups is 1. The van der Waals surface area contributed by atoms with Gasteiger partial charge in [-0.15, -0.1) is 11.8 Å². The normalized spacial score (nSPS) is 11.8. The molecule has 3 N–H and O–H groups in total. The summed E-state index contributed by atoms with van der Waals surface area (Å²) in [6, 6.07) is 13.6. The SMILES string of the molecule is CSc1ccccc1Nc1cc(-c2cccnc2)nc(N[C@@H](C)CO)n1. The van der Waals surface area contributed by atoms with Gasteiger partial charge < -0.3 is 15.7 Å². The number of nitrogens with zero attached hydrogens (tertiary/aromatic N) is 3. The Hall–Kier alpha value is -2.64. The molecule has 134 valence electrons. The van der Waals surface area contributed by atoms with Gasteiger partial charge in [0.25, 0.3) is 0 Å². The second-order valence-corrected chi connectivity index (χ2v) is 6.61. The number of aromatic nitrogens is 3. The Balaban J connectivity index is 1.99. The number of anilines is 3. The van der Waals surface area contributed by atoms with E-state index in [0.29, 0.717) is 11.8 Å². The van der Waals surface area contributed by atoms with Gasteiger partial charge >= 0.3 is 0 Å². The number of hydrogen-bond donors (Lipinski definition) is 3. The minimum atomic E-state index is -0.148. The van der Waals surface area contributed by atoms with E-state index in [-0.39, 0.29) is 12.6 Å². The second-order valence-electron chi connectivity index (χ2n) is 5.76. The van der Waals surface area contributed by atoms with E-state index >= 15 is 0 Å². The summed E-state index contributed by atoms with van der Waals surface area (Å²) in [5.41, 5.74) is 2.64. The molecule has 3 rings (SSSR count). The summed E-state index contributed by atoms with van der Waals surface area (Å²) >= 11 is 1.67. The lowest BCUT2D eigenvalue weighted by atomic mass is 10.2. The van der Waals surface area contributed by atoms with Crippen molar-refractivity contribution >= 4 is 29.2 Å². The van der Waals surface area contributed by atoms with Crippen LogP contribution in [-0.4, -0.2) is 39.0 Å². The Labute approximate surface area is 157 Å². The third-order valence-electron chi connectivity index (χ3n) is 3.70. The molecule has 0 radical (unpaired) electrons. The van der Waals surface area contributed by atoms with Crippen molar-refractivity contribution in [3.05, 3.63) is 54.9 Å². The molecular formula is C19H21N5OS. The molecule has 7 heteroatoms. The summed E-state index contributed by atoms with van der Waals surface area (Å²) < 4.78 is 0. The first kappa shape index (κ1) is 18.2. The van der Waals surface area contributed by atoms with Crippen molar-refractivity contribution in [2.45, 2.75) is 17.9 Å². The summed E-state index contributed by atoms with van der Waals surface area (Å²) in [6.45, 7) is 1.87. The first-order chi connectivity index (χ1) is 12.7. The Morgan fingerprint density at radius 3 is 2.73 bits per heavy atom. The predicted molar refractivity (Wildman–Crippen MR) is 107 cm³/mol. The molecule has 1 aromatic carbocycles. The maximum Gasteiger partial charge on any atom is 0.225 e. The molecule has 0 saturated carbocycles. The smallest absolute Gasteiger partial charge is 0.225 e. The van der Waals surface area contributed by atoms with Gasteiger partial charge in [-0.2, -0.15) is 4.98 Å². The number of rotatable bonds is 7. The first-order valence-electron chi connectivity index (χ1n) is 8.26. The summed E-state index contributed by atoms with van der Waals surface area (Å²) in [6.07, 6.45) is 5.53. The summed E-state index contributed by atoms with van der Waals surface area (Å²) in [5, 5.41) is 15.8. The highest BCUT2D eigenvalue weighted by molar-refractivity contribution is 7.98. The summed E-state index contributed by atoms with van der Waals surface area (Å²) in [7, 11) is 0. The van der Waals surface area contributed by atoms with Gasteiger partial charge in [-0.25, -0.2) is 4.98 Å². The van der Waals surface area contributed by atoms with Crippen molar-refractivity contribution in [3.63, 3.8) is 0 Å². The van der Waals surface area contributed by atoms with Crippen molar-refractivity contribution in [1.29, 1.82) is 0 Å². The van der Waals surface area contributed by atoms with Crippen LogP contribution >= 0.6 is 11.8 Å². The summed E-state index contributed by atoms with van der Waals surface area (Å²) in [4.78, 5) is 14.4. The van der Waals surface area contributed by atoms with Gasteiger partial charge in [0.15, 0.2) is 0 Å². The standard InChI is InChI=1S/C19H21N5OS/c1-13(12-25)21-19-23-16(14-6-5-9-20-11-14)10-18(24-19)22-15-7-3-4-8-17(15)26-2/h3-11,13,25H,12H2,1-2H3,(H2,21,22,23,24)/t13-/m0/s1. The van der Waals surface area contributed by atoms with Crippen molar-refractivity contribution in [2.24, 2.45) is 0 Å². The lowest BCUT2D eigenvalue weighted by Crippen LogP contribution is -2.21. The van der Waals surface area contributed by atoms with Crippen LogP contribution in [0.15, 0.2) is 59.8 Å². The highest BCUT2D eigenvalue weighted by Crippen LogP contribution is 2.29. The molecule has 2 heterocycles. The highest BCUT2D eigenvalue weighted by atomic mass is 32.2. The van der Waals surface area contributed by atoms with Gasteiger partial charge in [0.05, 0.1) is 18.0 Å². The van der Waals surface area contributed by atoms with Crippen molar-refractivity contribution in [2.75, 3.05) is 23.5 Å². The molecule has 26 heavy (non-hydrogen) atoms. The quantitative estimate of drug-likeness (QED) is 0.548. The largest absolute Gasteiger partial charge is 0.394 e. The van der Waals surface area contributed by atoms with Crippen LogP contribution in [0.1, 0.15) is 6.92 Å². The molecule has 0 amide bonds. The van der Waals surface area contributed by atoms with Crippen LogP contribution in [0, 0.1) is 0 Å². The average molecular weight is 367 g/mol. The van der Waals surface area contributed by atoms with Crippen LogP contribution < -0.4 is 10.6 Å². The zero-order valence-corrected chi connectivity index (χ0v) is 15.5. The number of hydrogen-bond acceptors (Lipinski definition) is 7. The minimum Gasteiger partial charge on any atom is -0.394 e. The maximum absolute atomic E-state index is 9.31. The lowest BCUT2D eigenvalue weighted by molar-refractivity contribution is 0.281. The number of benzene rings is 1. The fourth-order valence-electron chi connectivity index (χ4n) is 2.39. The van der Waals surface area contributed by atoms with Crippen molar-refractivity contribution in [3.8, 4) is 11.3 Å². The topological polar surface area (TPSA) is 83.0 Å². The molecule has 0 spiro atoms. The first-order valence-corrected chi connectivity index (χ1v) is 9.49. The van der Waals surface area contributed by atoms with E-state index in [1.54, 1.807) is 24.2 Å². The number of para-hydroxylation sites is 1. The van der Waals surface area contributed by atoms with E-state index in [1.807, 2.05) is 49.6 Å². The van der Waals surface area contributed by atoms with Gasteiger partial charge in [0.1, 0.15) is 5.82 Å².